The first kappa shape index (κ1) is 12.8. The summed E-state index contributed by atoms with van der Waals surface area (Å²) in [7, 11) is 0. The molecule has 1 fully saturated rings. The van der Waals surface area contributed by atoms with Gasteiger partial charge >= 0.3 is 0 Å². The molecular formula is C19H20O2. The number of hydrogen-bond donors (Lipinski definition) is 2. The van der Waals surface area contributed by atoms with Crippen LogP contribution in [0.2, 0.25) is 0 Å². The van der Waals surface area contributed by atoms with Crippen LogP contribution in [0.4, 0.5) is 0 Å². The van der Waals surface area contributed by atoms with Crippen LogP contribution in [0.1, 0.15) is 43.2 Å². The van der Waals surface area contributed by atoms with E-state index in [4.69, 9.17) is 0 Å². The maximum absolute atomic E-state index is 10.4. The molecule has 0 bridgehead atoms. The molecule has 0 heterocycles. The van der Waals surface area contributed by atoms with Crippen molar-refractivity contribution in [2.45, 2.75) is 38.5 Å². The van der Waals surface area contributed by atoms with Gasteiger partial charge in [0, 0.05) is 5.39 Å². The zero-order chi connectivity index (χ0) is 14.8. The minimum absolute atomic E-state index is 0.185. The van der Waals surface area contributed by atoms with Crippen molar-refractivity contribution >= 4 is 10.8 Å². The van der Waals surface area contributed by atoms with Gasteiger partial charge in [-0.1, -0.05) is 25.1 Å². The summed E-state index contributed by atoms with van der Waals surface area (Å²) in [5.74, 6) is 0.951. The second-order valence-corrected chi connectivity index (χ2v) is 6.81. The molecule has 2 aliphatic carbocycles. The molecule has 2 heteroatoms. The van der Waals surface area contributed by atoms with Crippen molar-refractivity contribution in [1.29, 1.82) is 0 Å². The minimum atomic E-state index is 0.185. The summed E-state index contributed by atoms with van der Waals surface area (Å²) < 4.78 is 0. The van der Waals surface area contributed by atoms with Gasteiger partial charge in [-0.05, 0) is 71.7 Å². The number of aryl methyl sites for hydroxylation is 1. The number of phenols is 2. The molecule has 108 valence electrons. The van der Waals surface area contributed by atoms with Crippen molar-refractivity contribution in [1.82, 2.24) is 0 Å². The second kappa shape index (κ2) is 4.03. The fraction of sp³-hybridized carbons (Fsp3) is 0.368. The van der Waals surface area contributed by atoms with Crippen molar-refractivity contribution in [3.8, 4) is 11.5 Å². The monoisotopic (exact) mass is 280 g/mol. The second-order valence-electron chi connectivity index (χ2n) is 6.81. The molecular weight excluding hydrogens is 260 g/mol. The number of rotatable bonds is 0. The van der Waals surface area contributed by atoms with Gasteiger partial charge in [0.15, 0.2) is 0 Å². The van der Waals surface area contributed by atoms with Crippen LogP contribution in [-0.2, 0) is 6.42 Å². The van der Waals surface area contributed by atoms with Crippen LogP contribution < -0.4 is 0 Å². The van der Waals surface area contributed by atoms with Crippen LogP contribution in [0.3, 0.4) is 0 Å². The lowest BCUT2D eigenvalue weighted by Gasteiger charge is -2.39. The molecule has 2 nitrogen and oxygen atoms in total. The summed E-state index contributed by atoms with van der Waals surface area (Å²) in [5.41, 5.74) is 4.19. The lowest BCUT2D eigenvalue weighted by Crippen LogP contribution is -2.27. The standard InChI is InChI=1S/C19H20O2/c1-11-3-6-17-15-10-18(21)16-9-12(20)4-5-13(16)14(15)7-8-19(11,17)2/h4-5,9-10,17,20-21H,1,3,6-8H2,2H3. The quantitative estimate of drug-likeness (QED) is 0.690. The first-order chi connectivity index (χ1) is 10.0. The first-order valence-electron chi connectivity index (χ1n) is 7.66. The smallest absolute Gasteiger partial charge is 0.123 e. The molecule has 21 heavy (non-hydrogen) atoms. The first-order valence-corrected chi connectivity index (χ1v) is 7.66. The minimum Gasteiger partial charge on any atom is -0.508 e. The third kappa shape index (κ3) is 1.59. The molecule has 2 aromatic carbocycles. The lowest BCUT2D eigenvalue weighted by atomic mass is 9.65. The van der Waals surface area contributed by atoms with Crippen LogP contribution in [0, 0.1) is 5.41 Å². The summed E-state index contributed by atoms with van der Waals surface area (Å²) >= 11 is 0. The average molecular weight is 280 g/mol. The van der Waals surface area contributed by atoms with Gasteiger partial charge in [-0.3, -0.25) is 0 Å². The van der Waals surface area contributed by atoms with E-state index in [-0.39, 0.29) is 16.9 Å². The van der Waals surface area contributed by atoms with Gasteiger partial charge < -0.3 is 10.2 Å². The van der Waals surface area contributed by atoms with Gasteiger partial charge in [-0.15, -0.1) is 0 Å². The zero-order valence-electron chi connectivity index (χ0n) is 12.3. The molecule has 2 N–H and O–H groups in total. The molecule has 0 aromatic heterocycles. The van der Waals surface area contributed by atoms with Gasteiger partial charge in [-0.25, -0.2) is 0 Å². The van der Waals surface area contributed by atoms with Gasteiger partial charge in [0.1, 0.15) is 11.5 Å². The van der Waals surface area contributed by atoms with Crippen LogP contribution in [0.15, 0.2) is 36.4 Å². The summed E-state index contributed by atoms with van der Waals surface area (Å²) in [6.45, 7) is 6.61. The van der Waals surface area contributed by atoms with Crippen molar-refractivity contribution in [3.05, 3.63) is 47.5 Å². The molecule has 0 spiro atoms. The van der Waals surface area contributed by atoms with E-state index in [0.717, 1.165) is 36.5 Å². The Labute approximate surface area is 124 Å². The maximum atomic E-state index is 10.4. The summed E-state index contributed by atoms with van der Waals surface area (Å²) in [6.07, 6.45) is 4.37. The average Bonchev–Trinajstić information content (AvgIpc) is 2.76. The predicted molar refractivity (Wildman–Crippen MR) is 84.8 cm³/mol. The third-order valence-electron chi connectivity index (χ3n) is 5.83. The molecule has 0 amide bonds. The number of phenolic OH excluding ortho intramolecular Hbond substituents is 2. The van der Waals surface area contributed by atoms with E-state index in [1.165, 1.54) is 16.7 Å². The molecule has 2 unspecified atom stereocenters. The highest BCUT2D eigenvalue weighted by molar-refractivity contribution is 5.93. The van der Waals surface area contributed by atoms with Crippen molar-refractivity contribution < 1.29 is 10.2 Å². The Morgan fingerprint density at radius 2 is 1.95 bits per heavy atom. The molecule has 0 saturated heterocycles. The molecule has 1 saturated carbocycles. The molecule has 4 rings (SSSR count). The fourth-order valence-electron chi connectivity index (χ4n) is 4.47. The van der Waals surface area contributed by atoms with E-state index < -0.39 is 0 Å². The number of hydrogen-bond acceptors (Lipinski definition) is 2. The zero-order valence-corrected chi connectivity index (χ0v) is 12.3. The Morgan fingerprint density at radius 3 is 2.76 bits per heavy atom. The van der Waals surface area contributed by atoms with Crippen LogP contribution in [-0.4, -0.2) is 10.2 Å². The highest BCUT2D eigenvalue weighted by atomic mass is 16.3. The molecule has 2 aliphatic rings. The van der Waals surface area contributed by atoms with Crippen LogP contribution in [0.5, 0.6) is 11.5 Å². The highest BCUT2D eigenvalue weighted by Crippen LogP contribution is 2.59. The van der Waals surface area contributed by atoms with Gasteiger partial charge in [0.05, 0.1) is 0 Å². The number of aromatic hydroxyl groups is 2. The van der Waals surface area contributed by atoms with Crippen molar-refractivity contribution in [3.63, 3.8) is 0 Å². The summed E-state index contributed by atoms with van der Waals surface area (Å²) in [6, 6.07) is 7.24. The maximum Gasteiger partial charge on any atom is 0.123 e. The van der Waals surface area contributed by atoms with Gasteiger partial charge in [0.25, 0.3) is 0 Å². The van der Waals surface area contributed by atoms with E-state index in [2.05, 4.69) is 13.5 Å². The molecule has 2 aromatic rings. The highest BCUT2D eigenvalue weighted by Gasteiger charge is 2.45. The summed E-state index contributed by atoms with van der Waals surface area (Å²) in [4.78, 5) is 0. The number of fused-ring (bicyclic) bond motifs is 5. The van der Waals surface area contributed by atoms with E-state index in [0.29, 0.717) is 5.92 Å². The lowest BCUT2D eigenvalue weighted by molar-refractivity contribution is 0.307. The van der Waals surface area contributed by atoms with Gasteiger partial charge in [-0.2, -0.15) is 0 Å². The molecule has 0 aliphatic heterocycles. The van der Waals surface area contributed by atoms with E-state index in [9.17, 15) is 10.2 Å². The van der Waals surface area contributed by atoms with Crippen molar-refractivity contribution in [2.75, 3.05) is 0 Å². The SMILES string of the molecule is C=C1CCC2c3cc(O)c4cc(O)ccc4c3CCC12C. The normalized spacial score (nSPS) is 27.7. The molecule has 0 radical (unpaired) electrons. The van der Waals surface area contributed by atoms with E-state index in [1.807, 2.05) is 12.1 Å². The van der Waals surface area contributed by atoms with Gasteiger partial charge in [0.2, 0.25) is 0 Å². The number of allylic oxidation sites excluding steroid dienone is 1. The van der Waals surface area contributed by atoms with Crippen LogP contribution in [0.25, 0.3) is 10.8 Å². The Kier molecular flexibility index (Phi) is 2.45. The van der Waals surface area contributed by atoms with Crippen LogP contribution >= 0.6 is 0 Å². The Balaban J connectivity index is 2.00. The van der Waals surface area contributed by atoms with Crippen molar-refractivity contribution in [2.24, 2.45) is 5.41 Å². The Hall–Kier alpha value is -1.96. The fourth-order valence-corrected chi connectivity index (χ4v) is 4.47. The van der Waals surface area contributed by atoms with E-state index in [1.54, 1.807) is 12.1 Å². The topological polar surface area (TPSA) is 40.5 Å². The summed E-state index contributed by atoms with van der Waals surface area (Å²) in [5, 5.41) is 21.9. The Morgan fingerprint density at radius 1 is 1.14 bits per heavy atom. The van der Waals surface area contributed by atoms with E-state index >= 15 is 0 Å². The largest absolute Gasteiger partial charge is 0.508 e. The molecule has 2 atom stereocenters. The number of benzene rings is 2. The predicted octanol–water partition coefficient (Wildman–Crippen LogP) is 4.64. The Bertz CT molecular complexity index is 775. The third-order valence-corrected chi connectivity index (χ3v) is 5.83.